The highest BCUT2D eigenvalue weighted by atomic mass is 16.7. The lowest BCUT2D eigenvalue weighted by atomic mass is 9.97. The van der Waals surface area contributed by atoms with Gasteiger partial charge in [0.1, 0.15) is 48.8 Å². The van der Waals surface area contributed by atoms with E-state index in [0.29, 0.717) is 6.42 Å². The monoisotopic (exact) mass is 916 g/mol. The number of aliphatic hydroxyl groups excluding tert-OH is 8. The topological polar surface area (TPSA) is 228 Å². The fourth-order valence-electron chi connectivity index (χ4n) is 8.41. The fraction of sp³-hybridized carbons (Fsp3) is 0.900. The van der Waals surface area contributed by atoms with E-state index in [1.807, 2.05) is 6.08 Å². The third-order valence-corrected chi connectivity index (χ3v) is 12.6. The second-order valence-corrected chi connectivity index (χ2v) is 18.3. The van der Waals surface area contributed by atoms with E-state index >= 15 is 0 Å². The Morgan fingerprint density at radius 1 is 0.547 bits per heavy atom. The van der Waals surface area contributed by atoms with E-state index in [4.69, 9.17) is 18.9 Å². The molecule has 0 saturated carbocycles. The Hall–Kier alpha value is -1.53. The number of amides is 1. The van der Waals surface area contributed by atoms with Crippen molar-refractivity contribution >= 4 is 5.91 Å². The molecule has 2 rings (SSSR count). The van der Waals surface area contributed by atoms with Crippen molar-refractivity contribution in [2.45, 2.75) is 267 Å². The Labute approximate surface area is 386 Å². The van der Waals surface area contributed by atoms with Crippen molar-refractivity contribution in [3.8, 4) is 0 Å². The van der Waals surface area contributed by atoms with Gasteiger partial charge in [0.25, 0.3) is 0 Å². The summed E-state index contributed by atoms with van der Waals surface area (Å²) in [5.41, 5.74) is 0. The van der Waals surface area contributed by atoms with E-state index in [2.05, 4.69) is 31.3 Å². The number of carbonyl (C=O) groups is 1. The van der Waals surface area contributed by atoms with Crippen LogP contribution in [0.25, 0.3) is 0 Å². The van der Waals surface area contributed by atoms with Gasteiger partial charge in [0.05, 0.1) is 32.0 Å². The number of carbonyl (C=O) groups excluding carboxylic acids is 1. The molecular formula is C50H93NO13. The molecule has 0 bridgehead atoms. The maximum atomic E-state index is 13.1. The summed E-state index contributed by atoms with van der Waals surface area (Å²) in [4.78, 5) is 13.1. The molecule has 14 heteroatoms. The lowest BCUT2D eigenvalue weighted by molar-refractivity contribution is -0.359. The van der Waals surface area contributed by atoms with Gasteiger partial charge in [-0.05, 0) is 38.5 Å². The minimum atomic E-state index is -1.79. The Bertz CT molecular complexity index is 1170. The zero-order valence-corrected chi connectivity index (χ0v) is 39.8. The molecule has 14 nitrogen and oxygen atoms in total. The number of hydrogen-bond donors (Lipinski definition) is 9. The molecule has 2 aliphatic rings. The Balaban J connectivity index is 1.82. The van der Waals surface area contributed by atoms with E-state index in [1.165, 1.54) is 103 Å². The highest BCUT2D eigenvalue weighted by Crippen LogP contribution is 2.30. The molecule has 376 valence electrons. The van der Waals surface area contributed by atoms with E-state index in [1.54, 1.807) is 6.08 Å². The summed E-state index contributed by atoms with van der Waals surface area (Å²) in [6, 6.07) is -0.914. The molecule has 12 unspecified atom stereocenters. The standard InChI is InChI=1S/C50H93NO13/c1-3-5-7-9-11-13-15-16-17-18-19-20-21-22-23-24-25-27-29-31-33-39(54)38(51-42(55)34-32-30-28-26-14-12-10-8-6-4-2)37-61-49-47(60)45(58)48(41(36-53)63-49)64-50-46(59)44(57)43(56)40(35-52)62-50/h8,10,31,33,38-41,43-50,52-54,56-60H,3-7,9,11-30,32,34-37H2,1-2H3,(H,51,55)/b10-8-,33-31+. The molecule has 2 aliphatic heterocycles. The quantitative estimate of drug-likeness (QED) is 0.0236. The van der Waals surface area contributed by atoms with Crippen molar-refractivity contribution in [3.63, 3.8) is 0 Å². The van der Waals surface area contributed by atoms with Crippen molar-refractivity contribution in [2.75, 3.05) is 19.8 Å². The third-order valence-electron chi connectivity index (χ3n) is 12.6. The molecule has 0 aromatic heterocycles. The van der Waals surface area contributed by atoms with Gasteiger partial charge >= 0.3 is 0 Å². The van der Waals surface area contributed by atoms with Crippen molar-refractivity contribution < 1.29 is 64.6 Å². The highest BCUT2D eigenvalue weighted by Gasteiger charge is 2.51. The van der Waals surface area contributed by atoms with E-state index in [0.717, 1.165) is 64.2 Å². The van der Waals surface area contributed by atoms with Crippen molar-refractivity contribution in [3.05, 3.63) is 24.3 Å². The summed E-state index contributed by atoms with van der Waals surface area (Å²) in [7, 11) is 0. The van der Waals surface area contributed by atoms with Crippen molar-refractivity contribution in [1.82, 2.24) is 5.32 Å². The van der Waals surface area contributed by atoms with Gasteiger partial charge in [-0.2, -0.15) is 0 Å². The number of aliphatic hydroxyl groups is 8. The van der Waals surface area contributed by atoms with Gasteiger partial charge in [0, 0.05) is 6.42 Å². The van der Waals surface area contributed by atoms with Gasteiger partial charge in [-0.25, -0.2) is 0 Å². The molecule has 2 saturated heterocycles. The average Bonchev–Trinajstić information content (AvgIpc) is 3.29. The van der Waals surface area contributed by atoms with Crippen LogP contribution in [0.3, 0.4) is 0 Å². The zero-order valence-electron chi connectivity index (χ0n) is 39.8. The van der Waals surface area contributed by atoms with Crippen LogP contribution in [-0.2, 0) is 23.7 Å². The van der Waals surface area contributed by atoms with Crippen LogP contribution in [0.5, 0.6) is 0 Å². The summed E-state index contributed by atoms with van der Waals surface area (Å²) in [5.74, 6) is -0.251. The summed E-state index contributed by atoms with van der Waals surface area (Å²) in [5, 5.41) is 86.6. The molecule has 0 spiro atoms. The van der Waals surface area contributed by atoms with Crippen LogP contribution in [0.2, 0.25) is 0 Å². The summed E-state index contributed by atoms with van der Waals surface area (Å²) in [6.45, 7) is 2.71. The maximum Gasteiger partial charge on any atom is 0.220 e. The normalized spacial score (nSPS) is 27.4. The molecule has 0 aliphatic carbocycles. The van der Waals surface area contributed by atoms with Crippen LogP contribution < -0.4 is 5.32 Å². The van der Waals surface area contributed by atoms with Crippen LogP contribution in [0, 0.1) is 0 Å². The number of nitrogens with one attached hydrogen (secondary N) is 1. The molecule has 64 heavy (non-hydrogen) atoms. The van der Waals surface area contributed by atoms with Gasteiger partial charge < -0.3 is 65.1 Å². The lowest BCUT2D eigenvalue weighted by Crippen LogP contribution is -2.65. The van der Waals surface area contributed by atoms with Gasteiger partial charge in [0.15, 0.2) is 12.6 Å². The summed E-state index contributed by atoms with van der Waals surface area (Å²) >= 11 is 0. The van der Waals surface area contributed by atoms with Gasteiger partial charge in [-0.1, -0.05) is 173 Å². The molecule has 12 atom stereocenters. The van der Waals surface area contributed by atoms with Gasteiger partial charge in [-0.3, -0.25) is 4.79 Å². The molecular weight excluding hydrogens is 823 g/mol. The molecule has 2 fully saturated rings. The molecule has 2 heterocycles. The minimum Gasteiger partial charge on any atom is -0.394 e. The highest BCUT2D eigenvalue weighted by molar-refractivity contribution is 5.76. The molecule has 0 aromatic rings. The first-order chi connectivity index (χ1) is 31.1. The number of unbranched alkanes of at least 4 members (excludes halogenated alkanes) is 24. The first kappa shape index (κ1) is 58.6. The number of rotatable bonds is 39. The number of allylic oxidation sites excluding steroid dienone is 3. The van der Waals surface area contributed by atoms with Crippen LogP contribution >= 0.6 is 0 Å². The van der Waals surface area contributed by atoms with Crippen LogP contribution in [0.1, 0.15) is 194 Å². The van der Waals surface area contributed by atoms with E-state index in [-0.39, 0.29) is 18.9 Å². The lowest BCUT2D eigenvalue weighted by Gasteiger charge is -2.46. The summed E-state index contributed by atoms with van der Waals surface area (Å²) in [6.07, 6.45) is 23.7. The second kappa shape index (κ2) is 37.5. The van der Waals surface area contributed by atoms with E-state index in [9.17, 15) is 45.6 Å². The fourth-order valence-corrected chi connectivity index (χ4v) is 8.41. The van der Waals surface area contributed by atoms with Crippen LogP contribution in [0.4, 0.5) is 0 Å². The SMILES string of the molecule is CCC/C=C\CCCCCCCC(=O)NC(COC1OC(CO)C(OC2OC(CO)C(O)C(O)C2O)C(O)C1O)C(O)/C=C/CCCCCCCCCCCCCCCCCCCC. The van der Waals surface area contributed by atoms with Crippen molar-refractivity contribution in [1.29, 1.82) is 0 Å². The average molecular weight is 916 g/mol. The van der Waals surface area contributed by atoms with Gasteiger partial charge in [0.2, 0.25) is 5.91 Å². The first-order valence-electron chi connectivity index (χ1n) is 25.6. The first-order valence-corrected chi connectivity index (χ1v) is 25.6. The van der Waals surface area contributed by atoms with E-state index < -0.39 is 86.8 Å². The Kier molecular flexibility index (Phi) is 34.3. The smallest absolute Gasteiger partial charge is 0.220 e. The molecule has 0 radical (unpaired) electrons. The maximum absolute atomic E-state index is 13.1. The molecule has 0 aromatic carbocycles. The summed E-state index contributed by atoms with van der Waals surface area (Å²) < 4.78 is 22.7. The predicted octanol–water partition coefficient (Wildman–Crippen LogP) is 6.55. The molecule has 1 amide bonds. The van der Waals surface area contributed by atoms with Gasteiger partial charge in [-0.15, -0.1) is 0 Å². The number of hydrogen-bond acceptors (Lipinski definition) is 13. The minimum absolute atomic E-state index is 0.251. The largest absolute Gasteiger partial charge is 0.394 e. The predicted molar refractivity (Wildman–Crippen MR) is 249 cm³/mol. The zero-order chi connectivity index (χ0) is 46.8. The van der Waals surface area contributed by atoms with Crippen LogP contribution in [-0.4, -0.2) is 140 Å². The van der Waals surface area contributed by atoms with Crippen LogP contribution in [0.15, 0.2) is 24.3 Å². The third kappa shape index (κ3) is 24.5. The number of ether oxygens (including phenoxy) is 4. The Morgan fingerprint density at radius 2 is 1.02 bits per heavy atom. The Morgan fingerprint density at radius 3 is 1.55 bits per heavy atom. The van der Waals surface area contributed by atoms with Crippen molar-refractivity contribution in [2.24, 2.45) is 0 Å². The second-order valence-electron chi connectivity index (χ2n) is 18.3. The molecule has 9 N–H and O–H groups in total.